The maximum Gasteiger partial charge on any atom is 0.252 e. The number of hydrogen-bond acceptors (Lipinski definition) is 3. The van der Waals surface area contributed by atoms with E-state index < -0.39 is 5.91 Å². The Kier molecular flexibility index (Phi) is 3.44. The van der Waals surface area contributed by atoms with Crippen LogP contribution in [0.3, 0.4) is 0 Å². The molecule has 0 aliphatic carbocycles. The van der Waals surface area contributed by atoms with Crippen LogP contribution in [0.5, 0.6) is 5.75 Å². The fourth-order valence-corrected chi connectivity index (χ4v) is 1.35. The Morgan fingerprint density at radius 2 is 2.07 bits per heavy atom. The molecule has 1 aromatic rings. The number of carbonyl (C=O) groups is 2. The van der Waals surface area contributed by atoms with E-state index in [4.69, 9.17) is 10.5 Å². The number of benzene rings is 1. The van der Waals surface area contributed by atoms with Gasteiger partial charge in [0, 0.05) is 6.42 Å². The largest absolute Gasteiger partial charge is 0.496 e. The van der Waals surface area contributed by atoms with E-state index in [0.717, 1.165) is 5.56 Å². The summed E-state index contributed by atoms with van der Waals surface area (Å²) in [4.78, 5) is 22.0. The summed E-state index contributed by atoms with van der Waals surface area (Å²) in [5.74, 6) is -0.0948. The number of rotatable bonds is 4. The predicted octanol–water partition coefficient (Wildman–Crippen LogP) is 0.926. The quantitative estimate of drug-likeness (QED) is 0.798. The summed E-state index contributed by atoms with van der Waals surface area (Å²) in [6.45, 7) is 1.49. The maximum absolute atomic E-state index is 11.1. The van der Waals surface area contributed by atoms with Crippen LogP contribution in [0, 0.1) is 0 Å². The number of Topliss-reactive ketones (excluding diaryl/α,β-unsaturated/α-hetero) is 1. The number of primary amides is 1. The Labute approximate surface area is 88.0 Å². The number of hydrogen-bond donors (Lipinski definition) is 1. The highest BCUT2D eigenvalue weighted by molar-refractivity contribution is 5.96. The molecule has 0 heterocycles. The summed E-state index contributed by atoms with van der Waals surface area (Å²) in [5.41, 5.74) is 6.25. The van der Waals surface area contributed by atoms with Crippen molar-refractivity contribution in [3.05, 3.63) is 29.3 Å². The highest BCUT2D eigenvalue weighted by atomic mass is 16.5. The van der Waals surface area contributed by atoms with E-state index >= 15 is 0 Å². The summed E-state index contributed by atoms with van der Waals surface area (Å²) < 4.78 is 4.98. The molecule has 0 spiro atoms. The normalized spacial score (nSPS) is 9.73. The van der Waals surface area contributed by atoms with Crippen LogP contribution in [0.15, 0.2) is 18.2 Å². The SMILES string of the molecule is COc1ccc(CC(C)=O)cc1C(N)=O. The molecule has 0 radical (unpaired) electrons. The number of methoxy groups -OCH3 is 1. The molecule has 0 saturated heterocycles. The summed E-state index contributed by atoms with van der Waals surface area (Å²) >= 11 is 0. The smallest absolute Gasteiger partial charge is 0.252 e. The third kappa shape index (κ3) is 2.80. The number of ether oxygens (including phenoxy) is 1. The van der Waals surface area contributed by atoms with Gasteiger partial charge in [0.25, 0.3) is 5.91 Å². The van der Waals surface area contributed by atoms with Gasteiger partial charge in [-0.2, -0.15) is 0 Å². The van der Waals surface area contributed by atoms with Gasteiger partial charge in [-0.3, -0.25) is 9.59 Å². The van der Waals surface area contributed by atoms with Crippen LogP contribution < -0.4 is 10.5 Å². The van der Waals surface area contributed by atoms with E-state index in [1.165, 1.54) is 14.0 Å². The Hall–Kier alpha value is -1.84. The van der Waals surface area contributed by atoms with Crippen molar-refractivity contribution in [1.29, 1.82) is 0 Å². The third-order valence-corrected chi connectivity index (χ3v) is 1.98. The second-order valence-corrected chi connectivity index (χ2v) is 3.28. The first-order valence-corrected chi connectivity index (χ1v) is 4.50. The van der Waals surface area contributed by atoms with Crippen LogP contribution in [-0.4, -0.2) is 18.8 Å². The summed E-state index contributed by atoms with van der Waals surface area (Å²) in [5, 5.41) is 0. The lowest BCUT2D eigenvalue weighted by molar-refractivity contribution is -0.116. The zero-order chi connectivity index (χ0) is 11.4. The summed E-state index contributed by atoms with van der Waals surface area (Å²) in [6, 6.07) is 4.97. The summed E-state index contributed by atoms with van der Waals surface area (Å²) in [7, 11) is 1.46. The van der Waals surface area contributed by atoms with Gasteiger partial charge in [-0.25, -0.2) is 0 Å². The number of carbonyl (C=O) groups excluding carboxylic acids is 2. The molecular weight excluding hydrogens is 194 g/mol. The lowest BCUT2D eigenvalue weighted by Crippen LogP contribution is -2.13. The predicted molar refractivity (Wildman–Crippen MR) is 55.9 cm³/mol. The van der Waals surface area contributed by atoms with Crippen molar-refractivity contribution in [2.75, 3.05) is 7.11 Å². The van der Waals surface area contributed by atoms with Gasteiger partial charge in [0.2, 0.25) is 0 Å². The Bertz CT molecular complexity index is 399. The molecule has 80 valence electrons. The van der Waals surface area contributed by atoms with Gasteiger partial charge >= 0.3 is 0 Å². The lowest BCUT2D eigenvalue weighted by Gasteiger charge is -2.07. The van der Waals surface area contributed by atoms with E-state index in [9.17, 15) is 9.59 Å². The van der Waals surface area contributed by atoms with E-state index in [1.54, 1.807) is 18.2 Å². The average Bonchev–Trinajstić information content (AvgIpc) is 2.16. The van der Waals surface area contributed by atoms with Crippen LogP contribution in [0.4, 0.5) is 0 Å². The van der Waals surface area contributed by atoms with Crippen molar-refractivity contribution in [3.63, 3.8) is 0 Å². The summed E-state index contributed by atoms with van der Waals surface area (Å²) in [6.07, 6.45) is 0.296. The van der Waals surface area contributed by atoms with Crippen LogP contribution in [0.25, 0.3) is 0 Å². The monoisotopic (exact) mass is 207 g/mol. The fourth-order valence-electron chi connectivity index (χ4n) is 1.35. The molecule has 1 rings (SSSR count). The molecule has 1 aromatic carbocycles. The molecule has 1 amide bonds. The van der Waals surface area contributed by atoms with Gasteiger partial charge in [-0.1, -0.05) is 6.07 Å². The first kappa shape index (κ1) is 11.2. The van der Waals surface area contributed by atoms with Gasteiger partial charge in [0.15, 0.2) is 0 Å². The van der Waals surface area contributed by atoms with Crippen molar-refractivity contribution < 1.29 is 14.3 Å². The Morgan fingerprint density at radius 1 is 1.40 bits per heavy atom. The number of ketones is 1. The number of amides is 1. The van der Waals surface area contributed by atoms with Crippen LogP contribution in [0.1, 0.15) is 22.8 Å². The molecule has 0 unspecified atom stereocenters. The van der Waals surface area contributed by atoms with Gasteiger partial charge < -0.3 is 10.5 Å². The lowest BCUT2D eigenvalue weighted by atomic mass is 10.1. The molecule has 4 nitrogen and oxygen atoms in total. The molecule has 0 fully saturated rings. The molecule has 0 aromatic heterocycles. The molecule has 15 heavy (non-hydrogen) atoms. The third-order valence-electron chi connectivity index (χ3n) is 1.98. The van der Waals surface area contributed by atoms with E-state index in [-0.39, 0.29) is 5.78 Å². The van der Waals surface area contributed by atoms with E-state index in [0.29, 0.717) is 17.7 Å². The average molecular weight is 207 g/mol. The molecule has 0 atom stereocenters. The number of nitrogens with two attached hydrogens (primary N) is 1. The molecule has 0 bridgehead atoms. The fraction of sp³-hybridized carbons (Fsp3) is 0.273. The van der Waals surface area contributed by atoms with Gasteiger partial charge in [-0.05, 0) is 24.6 Å². The molecule has 0 aliphatic heterocycles. The van der Waals surface area contributed by atoms with E-state index in [1.807, 2.05) is 0 Å². The zero-order valence-corrected chi connectivity index (χ0v) is 8.74. The highest BCUT2D eigenvalue weighted by Gasteiger charge is 2.10. The standard InChI is InChI=1S/C11H13NO3/c1-7(13)5-8-3-4-10(15-2)9(6-8)11(12)14/h3-4,6H,5H2,1-2H3,(H2,12,14). The van der Waals surface area contributed by atoms with Crippen molar-refractivity contribution in [3.8, 4) is 5.75 Å². The minimum absolute atomic E-state index is 0.0376. The topological polar surface area (TPSA) is 69.4 Å². The minimum atomic E-state index is -0.558. The molecule has 4 heteroatoms. The van der Waals surface area contributed by atoms with Crippen molar-refractivity contribution in [2.45, 2.75) is 13.3 Å². The van der Waals surface area contributed by atoms with E-state index in [2.05, 4.69) is 0 Å². The van der Waals surface area contributed by atoms with Crippen LogP contribution in [-0.2, 0) is 11.2 Å². The van der Waals surface area contributed by atoms with Gasteiger partial charge in [-0.15, -0.1) is 0 Å². The molecule has 0 aliphatic rings. The zero-order valence-electron chi connectivity index (χ0n) is 8.74. The second kappa shape index (κ2) is 4.59. The van der Waals surface area contributed by atoms with Crippen molar-refractivity contribution >= 4 is 11.7 Å². The Balaban J connectivity index is 3.10. The Morgan fingerprint density at radius 3 is 2.53 bits per heavy atom. The van der Waals surface area contributed by atoms with Crippen LogP contribution in [0.2, 0.25) is 0 Å². The van der Waals surface area contributed by atoms with Crippen molar-refractivity contribution in [1.82, 2.24) is 0 Å². The molecular formula is C11H13NO3. The minimum Gasteiger partial charge on any atom is -0.496 e. The molecule has 0 saturated carbocycles. The van der Waals surface area contributed by atoms with Crippen molar-refractivity contribution in [2.24, 2.45) is 5.73 Å². The second-order valence-electron chi connectivity index (χ2n) is 3.28. The first-order chi connectivity index (χ1) is 7.04. The highest BCUT2D eigenvalue weighted by Crippen LogP contribution is 2.19. The molecule has 2 N–H and O–H groups in total. The van der Waals surface area contributed by atoms with Crippen LogP contribution >= 0.6 is 0 Å². The maximum atomic E-state index is 11.1. The first-order valence-electron chi connectivity index (χ1n) is 4.50. The van der Waals surface area contributed by atoms with Gasteiger partial charge in [0.05, 0.1) is 12.7 Å². The van der Waals surface area contributed by atoms with Gasteiger partial charge in [0.1, 0.15) is 11.5 Å².